The Bertz CT molecular complexity index is 1270. The molecule has 0 N–H and O–H groups in total. The molecular formula is C23H22F2N2O3S2. The fourth-order valence-corrected chi connectivity index (χ4v) is 6.47. The zero-order valence-electron chi connectivity index (χ0n) is 17.6. The van der Waals surface area contributed by atoms with E-state index in [0.717, 1.165) is 34.6 Å². The van der Waals surface area contributed by atoms with E-state index in [1.165, 1.54) is 26.7 Å². The van der Waals surface area contributed by atoms with Gasteiger partial charge in [-0.05, 0) is 48.2 Å². The lowest BCUT2D eigenvalue weighted by Gasteiger charge is -2.27. The second-order valence-electron chi connectivity index (χ2n) is 7.78. The van der Waals surface area contributed by atoms with E-state index in [0.29, 0.717) is 25.1 Å². The molecule has 0 aliphatic carbocycles. The van der Waals surface area contributed by atoms with E-state index in [9.17, 15) is 22.0 Å². The van der Waals surface area contributed by atoms with Crippen LogP contribution in [0.3, 0.4) is 0 Å². The molecule has 1 atom stereocenters. The van der Waals surface area contributed by atoms with Crippen molar-refractivity contribution in [2.45, 2.75) is 30.1 Å². The maximum atomic E-state index is 13.6. The molecule has 4 rings (SSSR count). The number of sulfonamides is 1. The van der Waals surface area contributed by atoms with E-state index in [1.807, 2.05) is 24.3 Å². The number of rotatable bonds is 5. The largest absolute Gasteiger partial charge is 0.335 e. The fourth-order valence-electron chi connectivity index (χ4n) is 3.74. The Morgan fingerprint density at radius 1 is 1.09 bits per heavy atom. The van der Waals surface area contributed by atoms with Gasteiger partial charge in [0, 0.05) is 25.5 Å². The number of hydrogen-bond donors (Lipinski definition) is 0. The first-order valence-corrected chi connectivity index (χ1v) is 12.4. The summed E-state index contributed by atoms with van der Waals surface area (Å²) in [6.45, 7) is 2.38. The van der Waals surface area contributed by atoms with Crippen molar-refractivity contribution in [3.05, 3.63) is 87.8 Å². The number of carbonyl (C=O) groups is 1. The van der Waals surface area contributed by atoms with Gasteiger partial charge in [-0.25, -0.2) is 17.2 Å². The molecule has 2 aromatic carbocycles. The monoisotopic (exact) mass is 476 g/mol. The van der Waals surface area contributed by atoms with Crippen LogP contribution in [0.25, 0.3) is 0 Å². The van der Waals surface area contributed by atoms with Crippen molar-refractivity contribution in [2.24, 2.45) is 0 Å². The number of thiophene rings is 1. The summed E-state index contributed by atoms with van der Waals surface area (Å²) in [5.41, 5.74) is 2.81. The molecule has 0 saturated carbocycles. The molecule has 1 aliphatic rings. The standard InChI is InChI=1S/C23H22F2N2O3S2/c1-15(17-7-8-20(24)21(25)11-17)26(2)23(28)19-12-22(31-14-19)32(29,30)27-10-9-16-5-3-4-6-18(16)13-27/h3-8,11-12,14-15H,9-10,13H2,1-2H3/t15-/m1/s1. The van der Waals surface area contributed by atoms with Crippen molar-refractivity contribution >= 4 is 27.3 Å². The van der Waals surface area contributed by atoms with Crippen molar-refractivity contribution in [1.29, 1.82) is 0 Å². The smallest absolute Gasteiger partial charge is 0.254 e. The first-order valence-electron chi connectivity index (χ1n) is 10.1. The van der Waals surface area contributed by atoms with Crippen molar-refractivity contribution < 1.29 is 22.0 Å². The zero-order valence-corrected chi connectivity index (χ0v) is 19.2. The molecule has 9 heteroatoms. The molecule has 32 heavy (non-hydrogen) atoms. The van der Waals surface area contributed by atoms with Crippen LogP contribution in [0.5, 0.6) is 0 Å². The van der Waals surface area contributed by atoms with E-state index in [-0.39, 0.29) is 9.77 Å². The maximum Gasteiger partial charge on any atom is 0.254 e. The minimum atomic E-state index is -3.74. The summed E-state index contributed by atoms with van der Waals surface area (Å²) in [5, 5.41) is 1.52. The third-order valence-electron chi connectivity index (χ3n) is 5.84. The Morgan fingerprint density at radius 2 is 1.81 bits per heavy atom. The van der Waals surface area contributed by atoms with Gasteiger partial charge < -0.3 is 4.90 Å². The summed E-state index contributed by atoms with van der Waals surface area (Å²) in [7, 11) is -2.19. The van der Waals surface area contributed by atoms with E-state index in [4.69, 9.17) is 0 Å². The highest BCUT2D eigenvalue weighted by molar-refractivity contribution is 7.91. The van der Waals surface area contributed by atoms with E-state index in [2.05, 4.69) is 0 Å². The lowest BCUT2D eigenvalue weighted by molar-refractivity contribution is 0.0742. The average Bonchev–Trinajstić information content (AvgIpc) is 3.30. The lowest BCUT2D eigenvalue weighted by atomic mass is 10.0. The van der Waals surface area contributed by atoms with Gasteiger partial charge >= 0.3 is 0 Å². The molecule has 5 nitrogen and oxygen atoms in total. The minimum absolute atomic E-state index is 0.106. The molecule has 0 spiro atoms. The molecule has 0 saturated heterocycles. The molecule has 1 aromatic heterocycles. The summed E-state index contributed by atoms with van der Waals surface area (Å²) in [6, 6.07) is 12.1. The molecule has 0 radical (unpaired) electrons. The van der Waals surface area contributed by atoms with Gasteiger partial charge in [-0.3, -0.25) is 4.79 Å². The number of carbonyl (C=O) groups excluding carboxylic acids is 1. The van der Waals surface area contributed by atoms with Crippen molar-refractivity contribution in [3.8, 4) is 0 Å². The number of nitrogens with zero attached hydrogens (tertiary/aromatic N) is 2. The fraction of sp³-hybridized carbons (Fsp3) is 0.261. The topological polar surface area (TPSA) is 57.7 Å². The number of halogens is 2. The van der Waals surface area contributed by atoms with Gasteiger partial charge in [-0.2, -0.15) is 4.31 Å². The first-order chi connectivity index (χ1) is 15.2. The van der Waals surface area contributed by atoms with Crippen LogP contribution < -0.4 is 0 Å². The number of amides is 1. The van der Waals surface area contributed by atoms with Crippen LogP contribution in [0.4, 0.5) is 8.78 Å². The zero-order chi connectivity index (χ0) is 23.0. The van der Waals surface area contributed by atoms with Crippen LogP contribution in [0.15, 0.2) is 58.1 Å². The van der Waals surface area contributed by atoms with Gasteiger partial charge in [0.1, 0.15) is 4.21 Å². The molecule has 3 aromatic rings. The van der Waals surface area contributed by atoms with Crippen LogP contribution in [0, 0.1) is 11.6 Å². The van der Waals surface area contributed by atoms with E-state index >= 15 is 0 Å². The molecule has 1 aliphatic heterocycles. The van der Waals surface area contributed by atoms with Crippen LogP contribution in [0.2, 0.25) is 0 Å². The van der Waals surface area contributed by atoms with Gasteiger partial charge in [-0.1, -0.05) is 30.3 Å². The molecule has 0 fully saturated rings. The SMILES string of the molecule is C[C@H](c1ccc(F)c(F)c1)N(C)C(=O)c1csc(S(=O)(=O)N2CCc3ccccc3C2)c1. The van der Waals surface area contributed by atoms with Gasteiger partial charge in [0.15, 0.2) is 11.6 Å². The quantitative estimate of drug-likeness (QED) is 0.541. The highest BCUT2D eigenvalue weighted by atomic mass is 32.2. The third kappa shape index (κ3) is 4.20. The second kappa shape index (κ2) is 8.73. The number of fused-ring (bicyclic) bond motifs is 1. The molecule has 1 amide bonds. The van der Waals surface area contributed by atoms with Gasteiger partial charge in [0.25, 0.3) is 15.9 Å². The molecular weight excluding hydrogens is 454 g/mol. The Labute approximate surface area is 190 Å². The van der Waals surface area contributed by atoms with Crippen LogP contribution in [-0.4, -0.2) is 37.1 Å². The van der Waals surface area contributed by atoms with Crippen LogP contribution >= 0.6 is 11.3 Å². The van der Waals surface area contributed by atoms with Crippen LogP contribution in [0.1, 0.15) is 40.0 Å². The molecule has 0 bridgehead atoms. The Morgan fingerprint density at radius 3 is 2.53 bits per heavy atom. The predicted octanol–water partition coefficient (Wildman–Crippen LogP) is 4.61. The maximum absolute atomic E-state index is 13.6. The highest BCUT2D eigenvalue weighted by Gasteiger charge is 2.31. The Balaban J connectivity index is 1.52. The summed E-state index contributed by atoms with van der Waals surface area (Å²) in [5.74, 6) is -2.34. The van der Waals surface area contributed by atoms with Gasteiger partial charge in [0.2, 0.25) is 0 Å². The van der Waals surface area contributed by atoms with Crippen molar-refractivity contribution in [3.63, 3.8) is 0 Å². The summed E-state index contributed by atoms with van der Waals surface area (Å²) in [6.07, 6.45) is 0.640. The van der Waals surface area contributed by atoms with Crippen molar-refractivity contribution in [1.82, 2.24) is 9.21 Å². The average molecular weight is 477 g/mol. The summed E-state index contributed by atoms with van der Waals surface area (Å²) in [4.78, 5) is 14.3. The van der Waals surface area contributed by atoms with Crippen molar-refractivity contribution in [2.75, 3.05) is 13.6 Å². The normalized spacial score (nSPS) is 15.2. The Kier molecular flexibility index (Phi) is 6.15. The van der Waals surface area contributed by atoms with E-state index in [1.54, 1.807) is 14.0 Å². The number of hydrogen-bond acceptors (Lipinski definition) is 4. The lowest BCUT2D eigenvalue weighted by Crippen LogP contribution is -2.35. The molecule has 0 unspecified atom stereocenters. The van der Waals surface area contributed by atoms with Crippen LogP contribution in [-0.2, 0) is 23.0 Å². The Hall–Kier alpha value is -2.62. The van der Waals surface area contributed by atoms with Gasteiger partial charge in [0.05, 0.1) is 11.6 Å². The summed E-state index contributed by atoms with van der Waals surface area (Å²) < 4.78 is 54.7. The molecule has 168 valence electrons. The summed E-state index contributed by atoms with van der Waals surface area (Å²) >= 11 is 1.00. The van der Waals surface area contributed by atoms with E-state index < -0.39 is 33.6 Å². The second-order valence-corrected chi connectivity index (χ2v) is 10.9. The first kappa shape index (κ1) is 22.6. The third-order valence-corrected chi connectivity index (χ3v) is 9.10. The number of benzene rings is 2. The highest BCUT2D eigenvalue weighted by Crippen LogP contribution is 2.30. The predicted molar refractivity (Wildman–Crippen MR) is 119 cm³/mol. The van der Waals surface area contributed by atoms with Gasteiger partial charge in [-0.15, -0.1) is 11.3 Å². The minimum Gasteiger partial charge on any atom is -0.335 e. The molecule has 2 heterocycles.